The van der Waals surface area contributed by atoms with Crippen LogP contribution in [0.1, 0.15) is 35.3 Å². The van der Waals surface area contributed by atoms with Gasteiger partial charge < -0.3 is 10.1 Å². The quantitative estimate of drug-likeness (QED) is 0.729. The number of carbonyl (C=O) groups excluding carboxylic acids is 2. The van der Waals surface area contributed by atoms with Crippen LogP contribution in [0.5, 0.6) is 0 Å². The fourth-order valence-corrected chi connectivity index (χ4v) is 2.77. The summed E-state index contributed by atoms with van der Waals surface area (Å²) < 4.78 is 4.94. The fourth-order valence-electron chi connectivity index (χ4n) is 2.77. The van der Waals surface area contributed by atoms with Crippen molar-refractivity contribution in [3.05, 3.63) is 65.7 Å². The molecule has 0 spiro atoms. The van der Waals surface area contributed by atoms with E-state index in [9.17, 15) is 9.59 Å². The van der Waals surface area contributed by atoms with Gasteiger partial charge in [0.2, 0.25) is 5.91 Å². The van der Waals surface area contributed by atoms with Crippen LogP contribution in [-0.4, -0.2) is 24.5 Å². The highest BCUT2D eigenvalue weighted by Crippen LogP contribution is 2.22. The second-order valence-corrected chi connectivity index (χ2v) is 5.83. The van der Waals surface area contributed by atoms with Gasteiger partial charge >= 0.3 is 5.97 Å². The van der Waals surface area contributed by atoms with Crippen LogP contribution < -0.4 is 16.2 Å². The van der Waals surface area contributed by atoms with E-state index in [0.717, 1.165) is 5.56 Å². The Morgan fingerprint density at radius 1 is 1.08 bits per heavy atom. The van der Waals surface area contributed by atoms with Gasteiger partial charge in [-0.15, -0.1) is 0 Å². The molecule has 1 aliphatic rings. The molecule has 130 valence electrons. The van der Waals surface area contributed by atoms with Crippen molar-refractivity contribution in [1.82, 2.24) is 10.9 Å². The topological polar surface area (TPSA) is 79.5 Å². The minimum atomic E-state index is -0.368. The van der Waals surface area contributed by atoms with E-state index in [1.165, 1.54) is 0 Å². The Bertz CT molecular complexity index is 731. The zero-order valence-electron chi connectivity index (χ0n) is 14.0. The van der Waals surface area contributed by atoms with Crippen molar-refractivity contribution < 1.29 is 14.3 Å². The number of ether oxygens (including phenoxy) is 1. The van der Waals surface area contributed by atoms with Crippen molar-refractivity contribution in [3.63, 3.8) is 0 Å². The van der Waals surface area contributed by atoms with E-state index in [0.29, 0.717) is 24.3 Å². The van der Waals surface area contributed by atoms with Crippen LogP contribution in [0.4, 0.5) is 5.69 Å². The molecule has 0 bridgehead atoms. The van der Waals surface area contributed by atoms with E-state index in [4.69, 9.17) is 4.74 Å². The van der Waals surface area contributed by atoms with E-state index in [-0.39, 0.29) is 24.0 Å². The highest BCUT2D eigenvalue weighted by Gasteiger charge is 2.30. The first kappa shape index (κ1) is 17.1. The molecule has 1 saturated heterocycles. The molecule has 3 N–H and O–H groups in total. The van der Waals surface area contributed by atoms with Crippen molar-refractivity contribution in [2.75, 3.05) is 11.9 Å². The first-order valence-electron chi connectivity index (χ1n) is 8.31. The number of esters is 1. The number of carbonyl (C=O) groups is 2. The lowest BCUT2D eigenvalue weighted by Gasteiger charge is -2.11. The van der Waals surface area contributed by atoms with Gasteiger partial charge in [-0.3, -0.25) is 4.79 Å². The van der Waals surface area contributed by atoms with Gasteiger partial charge in [0, 0.05) is 11.7 Å². The van der Waals surface area contributed by atoms with Crippen LogP contribution in [-0.2, 0) is 9.53 Å². The molecule has 6 nitrogen and oxygen atoms in total. The van der Waals surface area contributed by atoms with E-state index >= 15 is 0 Å². The number of rotatable bonds is 5. The van der Waals surface area contributed by atoms with Crippen LogP contribution in [0.15, 0.2) is 54.6 Å². The largest absolute Gasteiger partial charge is 0.462 e. The van der Waals surface area contributed by atoms with Crippen molar-refractivity contribution >= 4 is 17.6 Å². The predicted octanol–water partition coefficient (Wildman–Crippen LogP) is 2.41. The van der Waals surface area contributed by atoms with Crippen LogP contribution in [0.3, 0.4) is 0 Å². The number of anilines is 1. The standard InChI is InChI=1S/C19H21N3O3/c1-2-25-19(24)14-8-10-15(11-9-14)20-18(23)17-12-16(21-22-17)13-6-4-3-5-7-13/h3-11,16-17,21-22H,2,12H2,1H3,(H,20,23). The number of hydrazine groups is 1. The maximum Gasteiger partial charge on any atom is 0.338 e. The molecule has 1 aliphatic heterocycles. The van der Waals surface area contributed by atoms with Crippen molar-refractivity contribution in [2.24, 2.45) is 0 Å². The lowest BCUT2D eigenvalue weighted by Crippen LogP contribution is -2.39. The van der Waals surface area contributed by atoms with Crippen LogP contribution >= 0.6 is 0 Å². The van der Waals surface area contributed by atoms with Gasteiger partial charge in [-0.2, -0.15) is 0 Å². The molecule has 1 amide bonds. The second kappa shape index (κ2) is 7.92. The van der Waals surface area contributed by atoms with Gasteiger partial charge in [0.25, 0.3) is 0 Å². The zero-order chi connectivity index (χ0) is 17.6. The molecule has 1 fully saturated rings. The molecule has 2 unspecified atom stereocenters. The van der Waals surface area contributed by atoms with Crippen molar-refractivity contribution in [1.29, 1.82) is 0 Å². The summed E-state index contributed by atoms with van der Waals surface area (Å²) in [5.41, 5.74) is 8.44. The van der Waals surface area contributed by atoms with Crippen LogP contribution in [0.2, 0.25) is 0 Å². The number of nitrogens with one attached hydrogen (secondary N) is 3. The summed E-state index contributed by atoms with van der Waals surface area (Å²) in [6.45, 7) is 2.10. The Morgan fingerprint density at radius 3 is 2.48 bits per heavy atom. The maximum atomic E-state index is 12.4. The molecule has 1 heterocycles. The van der Waals surface area contributed by atoms with Gasteiger partial charge in [0.05, 0.1) is 12.2 Å². The molecule has 6 heteroatoms. The van der Waals surface area contributed by atoms with E-state index in [1.807, 2.05) is 30.3 Å². The Hall–Kier alpha value is -2.70. The molecule has 3 rings (SSSR count). The summed E-state index contributed by atoms with van der Waals surface area (Å²) in [5, 5.41) is 2.86. The third kappa shape index (κ3) is 4.23. The number of hydrogen-bond donors (Lipinski definition) is 3. The Morgan fingerprint density at radius 2 is 1.80 bits per heavy atom. The lowest BCUT2D eigenvalue weighted by atomic mass is 10.0. The molecule has 0 aromatic heterocycles. The Balaban J connectivity index is 1.57. The fraction of sp³-hybridized carbons (Fsp3) is 0.263. The molecule has 0 saturated carbocycles. The summed E-state index contributed by atoms with van der Waals surface area (Å²) in [5.74, 6) is -0.484. The Kier molecular flexibility index (Phi) is 5.42. The molecular formula is C19H21N3O3. The summed E-state index contributed by atoms with van der Waals surface area (Å²) in [4.78, 5) is 24.0. The van der Waals surface area contributed by atoms with Crippen LogP contribution in [0, 0.1) is 0 Å². The molecule has 0 radical (unpaired) electrons. The Labute approximate surface area is 146 Å². The van der Waals surface area contributed by atoms with Crippen molar-refractivity contribution in [2.45, 2.75) is 25.4 Å². The van der Waals surface area contributed by atoms with Crippen molar-refractivity contribution in [3.8, 4) is 0 Å². The first-order valence-corrected chi connectivity index (χ1v) is 8.31. The zero-order valence-corrected chi connectivity index (χ0v) is 14.0. The van der Waals surface area contributed by atoms with E-state index < -0.39 is 0 Å². The summed E-state index contributed by atoms with van der Waals surface area (Å²) in [7, 11) is 0. The van der Waals surface area contributed by atoms with Gasteiger partial charge in [-0.25, -0.2) is 15.6 Å². The lowest BCUT2D eigenvalue weighted by molar-refractivity contribution is -0.117. The normalized spacial score (nSPS) is 19.4. The SMILES string of the molecule is CCOC(=O)c1ccc(NC(=O)C2CC(c3ccccc3)NN2)cc1. The molecule has 2 atom stereocenters. The average Bonchev–Trinajstić information content (AvgIpc) is 3.13. The third-order valence-corrected chi connectivity index (χ3v) is 4.09. The van der Waals surface area contributed by atoms with Gasteiger partial charge in [-0.1, -0.05) is 30.3 Å². The smallest absolute Gasteiger partial charge is 0.338 e. The summed E-state index contributed by atoms with van der Waals surface area (Å²) in [6.07, 6.45) is 0.663. The molecule has 0 aliphatic carbocycles. The molecular weight excluding hydrogens is 318 g/mol. The number of amides is 1. The highest BCUT2D eigenvalue weighted by molar-refractivity contribution is 5.96. The summed E-state index contributed by atoms with van der Waals surface area (Å²) >= 11 is 0. The third-order valence-electron chi connectivity index (χ3n) is 4.09. The maximum absolute atomic E-state index is 12.4. The summed E-state index contributed by atoms with van der Waals surface area (Å²) in [6, 6.07) is 16.4. The molecule has 2 aromatic rings. The second-order valence-electron chi connectivity index (χ2n) is 5.83. The monoisotopic (exact) mass is 339 g/mol. The first-order chi connectivity index (χ1) is 12.2. The average molecular weight is 339 g/mol. The minimum Gasteiger partial charge on any atom is -0.462 e. The number of hydrogen-bond acceptors (Lipinski definition) is 5. The van der Waals surface area contributed by atoms with E-state index in [1.54, 1.807) is 31.2 Å². The van der Waals surface area contributed by atoms with E-state index in [2.05, 4.69) is 16.2 Å². The van der Waals surface area contributed by atoms with Gasteiger partial charge in [0.1, 0.15) is 6.04 Å². The molecule has 25 heavy (non-hydrogen) atoms. The highest BCUT2D eigenvalue weighted by atomic mass is 16.5. The van der Waals surface area contributed by atoms with Gasteiger partial charge in [-0.05, 0) is 43.2 Å². The predicted molar refractivity (Wildman–Crippen MR) is 94.9 cm³/mol. The van der Waals surface area contributed by atoms with Crippen LogP contribution in [0.25, 0.3) is 0 Å². The van der Waals surface area contributed by atoms with Gasteiger partial charge in [0.15, 0.2) is 0 Å². The minimum absolute atomic E-state index is 0.100. The number of benzene rings is 2. The molecule has 2 aromatic carbocycles.